The Morgan fingerprint density at radius 3 is 2.67 bits per heavy atom. The van der Waals surface area contributed by atoms with E-state index in [1.54, 1.807) is 6.07 Å². The standard InChI is InChI=1S/C22H25FN2O2/c1-14-19(22(27)25-11-3-2-4-12-25)20(15-7-5-8-16(23)13-15)21-17(24-14)9-6-10-18(21)26/h5,7-8,13,20,24H,2-4,6,9-12H2,1H3. The molecule has 1 unspecified atom stereocenters. The van der Waals surface area contributed by atoms with Crippen molar-refractivity contribution in [2.45, 2.75) is 51.4 Å². The molecule has 1 aromatic carbocycles. The van der Waals surface area contributed by atoms with Gasteiger partial charge in [0.25, 0.3) is 5.91 Å². The Balaban J connectivity index is 1.82. The summed E-state index contributed by atoms with van der Waals surface area (Å²) in [5.74, 6) is -0.800. The van der Waals surface area contributed by atoms with E-state index in [0.717, 1.165) is 56.6 Å². The average Bonchev–Trinajstić information content (AvgIpc) is 2.67. The molecule has 0 aromatic heterocycles. The predicted octanol–water partition coefficient (Wildman–Crippen LogP) is 3.81. The van der Waals surface area contributed by atoms with Crippen molar-refractivity contribution in [1.82, 2.24) is 10.2 Å². The van der Waals surface area contributed by atoms with Gasteiger partial charge in [0.2, 0.25) is 0 Å². The maximum atomic E-state index is 14.0. The van der Waals surface area contributed by atoms with Crippen LogP contribution in [0.3, 0.4) is 0 Å². The number of amides is 1. The van der Waals surface area contributed by atoms with Gasteiger partial charge >= 0.3 is 0 Å². The van der Waals surface area contributed by atoms with Crippen molar-refractivity contribution in [3.8, 4) is 0 Å². The molecule has 1 amide bonds. The van der Waals surface area contributed by atoms with Gasteiger partial charge in [0, 0.05) is 48.0 Å². The number of carbonyl (C=O) groups is 2. The number of likely N-dealkylation sites (tertiary alicyclic amines) is 1. The van der Waals surface area contributed by atoms with E-state index >= 15 is 0 Å². The number of allylic oxidation sites excluding steroid dienone is 3. The Kier molecular flexibility index (Phi) is 4.85. The molecule has 1 aliphatic carbocycles. The van der Waals surface area contributed by atoms with Crippen LogP contribution in [-0.4, -0.2) is 29.7 Å². The van der Waals surface area contributed by atoms with Gasteiger partial charge < -0.3 is 10.2 Å². The minimum Gasteiger partial charge on any atom is -0.362 e. The zero-order valence-electron chi connectivity index (χ0n) is 15.7. The van der Waals surface area contributed by atoms with Crippen LogP contribution in [0.1, 0.15) is 56.9 Å². The molecule has 1 atom stereocenters. The third-order valence-electron chi connectivity index (χ3n) is 5.83. The number of carbonyl (C=O) groups excluding carboxylic acids is 2. The summed E-state index contributed by atoms with van der Waals surface area (Å²) >= 11 is 0. The van der Waals surface area contributed by atoms with Crippen molar-refractivity contribution in [2.75, 3.05) is 13.1 Å². The number of rotatable bonds is 2. The summed E-state index contributed by atoms with van der Waals surface area (Å²) in [5, 5.41) is 3.33. The van der Waals surface area contributed by atoms with Crippen molar-refractivity contribution in [3.05, 3.63) is 58.2 Å². The van der Waals surface area contributed by atoms with Crippen molar-refractivity contribution in [1.29, 1.82) is 0 Å². The summed E-state index contributed by atoms with van der Waals surface area (Å²) in [7, 11) is 0. The number of hydrogen-bond donors (Lipinski definition) is 1. The summed E-state index contributed by atoms with van der Waals surface area (Å²) in [5.41, 5.74) is 3.61. The van der Waals surface area contributed by atoms with Gasteiger partial charge in [-0.3, -0.25) is 9.59 Å². The van der Waals surface area contributed by atoms with E-state index in [0.29, 0.717) is 23.1 Å². The van der Waals surface area contributed by atoms with E-state index in [1.165, 1.54) is 12.1 Å². The zero-order valence-corrected chi connectivity index (χ0v) is 15.7. The number of hydrogen-bond acceptors (Lipinski definition) is 3. The molecule has 3 aliphatic rings. The zero-order chi connectivity index (χ0) is 19.0. The van der Waals surface area contributed by atoms with Crippen molar-refractivity contribution < 1.29 is 14.0 Å². The first-order valence-corrected chi connectivity index (χ1v) is 9.85. The van der Waals surface area contributed by atoms with Crippen LogP contribution < -0.4 is 5.32 Å². The third kappa shape index (κ3) is 3.31. The number of ketones is 1. The van der Waals surface area contributed by atoms with Gasteiger partial charge in [-0.1, -0.05) is 12.1 Å². The lowest BCUT2D eigenvalue weighted by atomic mass is 9.75. The van der Waals surface area contributed by atoms with E-state index in [2.05, 4.69) is 5.32 Å². The van der Waals surface area contributed by atoms with Crippen LogP contribution in [0.5, 0.6) is 0 Å². The quantitative estimate of drug-likeness (QED) is 0.864. The Labute approximate surface area is 159 Å². The number of nitrogens with zero attached hydrogens (tertiary/aromatic N) is 1. The highest BCUT2D eigenvalue weighted by Crippen LogP contribution is 2.43. The molecule has 2 heterocycles. The average molecular weight is 368 g/mol. The molecular formula is C22H25FN2O2. The summed E-state index contributed by atoms with van der Waals surface area (Å²) in [6, 6.07) is 6.32. The molecule has 2 aliphatic heterocycles. The van der Waals surface area contributed by atoms with Gasteiger partial charge in [0.15, 0.2) is 5.78 Å². The van der Waals surface area contributed by atoms with Crippen molar-refractivity contribution in [3.63, 3.8) is 0 Å². The predicted molar refractivity (Wildman–Crippen MR) is 101 cm³/mol. The second kappa shape index (κ2) is 7.29. The monoisotopic (exact) mass is 368 g/mol. The van der Waals surface area contributed by atoms with Crippen LogP contribution in [0.4, 0.5) is 4.39 Å². The van der Waals surface area contributed by atoms with Gasteiger partial charge in [-0.05, 0) is 56.7 Å². The minimum absolute atomic E-state index is 0.0288. The first kappa shape index (κ1) is 18.0. The number of Topliss-reactive ketones (excluding diaryl/α,β-unsaturated/α-hetero) is 1. The fraction of sp³-hybridized carbons (Fsp3) is 0.455. The van der Waals surface area contributed by atoms with Crippen molar-refractivity contribution in [2.24, 2.45) is 0 Å². The van der Waals surface area contributed by atoms with E-state index in [1.807, 2.05) is 17.9 Å². The number of piperidine rings is 1. The number of halogens is 1. The van der Waals surface area contributed by atoms with Gasteiger partial charge in [-0.2, -0.15) is 0 Å². The second-order valence-electron chi connectivity index (χ2n) is 7.67. The normalized spacial score (nSPS) is 23.3. The van der Waals surface area contributed by atoms with Gasteiger partial charge in [-0.25, -0.2) is 4.39 Å². The summed E-state index contributed by atoms with van der Waals surface area (Å²) < 4.78 is 14.0. The smallest absolute Gasteiger partial charge is 0.252 e. The topological polar surface area (TPSA) is 49.4 Å². The lowest BCUT2D eigenvalue weighted by molar-refractivity contribution is -0.128. The van der Waals surface area contributed by atoms with E-state index in [-0.39, 0.29) is 17.5 Å². The first-order valence-electron chi connectivity index (χ1n) is 9.85. The van der Waals surface area contributed by atoms with Crippen LogP contribution in [0, 0.1) is 5.82 Å². The fourth-order valence-corrected chi connectivity index (χ4v) is 4.55. The summed E-state index contributed by atoms with van der Waals surface area (Å²) in [6.45, 7) is 3.38. The lowest BCUT2D eigenvalue weighted by Gasteiger charge is -2.37. The van der Waals surface area contributed by atoms with Crippen LogP contribution in [0.25, 0.3) is 0 Å². The van der Waals surface area contributed by atoms with Gasteiger partial charge in [0.05, 0.1) is 0 Å². The van der Waals surface area contributed by atoms with Crippen LogP contribution in [0.15, 0.2) is 46.8 Å². The minimum atomic E-state index is -0.487. The van der Waals surface area contributed by atoms with E-state index < -0.39 is 5.92 Å². The van der Waals surface area contributed by atoms with Crippen LogP contribution >= 0.6 is 0 Å². The number of nitrogens with one attached hydrogen (secondary N) is 1. The number of benzene rings is 1. The molecule has 1 fully saturated rings. The molecule has 142 valence electrons. The molecule has 0 saturated carbocycles. The highest BCUT2D eigenvalue weighted by atomic mass is 19.1. The fourth-order valence-electron chi connectivity index (χ4n) is 4.55. The number of dihydropyridines is 1. The summed E-state index contributed by atoms with van der Waals surface area (Å²) in [6.07, 6.45) is 5.22. The Morgan fingerprint density at radius 2 is 1.93 bits per heavy atom. The molecule has 0 spiro atoms. The van der Waals surface area contributed by atoms with E-state index in [9.17, 15) is 14.0 Å². The SMILES string of the molecule is CC1=C(C(=O)N2CCCCC2)C(c2cccc(F)c2)C2=C(CCCC2=O)N1. The molecular weight excluding hydrogens is 343 g/mol. The van der Waals surface area contributed by atoms with Crippen LogP contribution in [-0.2, 0) is 9.59 Å². The lowest BCUT2D eigenvalue weighted by Crippen LogP contribution is -2.42. The molecule has 5 heteroatoms. The highest BCUT2D eigenvalue weighted by molar-refractivity contribution is 6.05. The van der Waals surface area contributed by atoms with Gasteiger partial charge in [-0.15, -0.1) is 0 Å². The molecule has 0 bridgehead atoms. The molecule has 0 radical (unpaired) electrons. The maximum Gasteiger partial charge on any atom is 0.252 e. The third-order valence-corrected chi connectivity index (χ3v) is 5.83. The molecule has 4 rings (SSSR count). The Bertz CT molecular complexity index is 850. The van der Waals surface area contributed by atoms with Crippen molar-refractivity contribution >= 4 is 11.7 Å². The second-order valence-corrected chi connectivity index (χ2v) is 7.67. The highest BCUT2D eigenvalue weighted by Gasteiger charge is 2.39. The summed E-state index contributed by atoms with van der Waals surface area (Å²) in [4.78, 5) is 28.1. The largest absolute Gasteiger partial charge is 0.362 e. The molecule has 4 nitrogen and oxygen atoms in total. The Hall–Kier alpha value is -2.43. The first-order chi connectivity index (χ1) is 13.1. The van der Waals surface area contributed by atoms with E-state index in [4.69, 9.17) is 0 Å². The Morgan fingerprint density at radius 1 is 1.15 bits per heavy atom. The van der Waals surface area contributed by atoms with Gasteiger partial charge in [0.1, 0.15) is 5.82 Å². The van der Waals surface area contributed by atoms with Crippen LogP contribution in [0.2, 0.25) is 0 Å². The molecule has 1 saturated heterocycles. The maximum absolute atomic E-state index is 14.0. The molecule has 27 heavy (non-hydrogen) atoms. The molecule has 1 N–H and O–H groups in total. The molecule has 1 aromatic rings.